The van der Waals surface area contributed by atoms with Gasteiger partial charge in [0.25, 0.3) is 0 Å². The molecule has 2 aromatic heterocycles. The average Bonchev–Trinajstić information content (AvgIpc) is 2.73. The van der Waals surface area contributed by atoms with Crippen molar-refractivity contribution in [3.8, 4) is 11.1 Å². The number of nitrogens with one attached hydrogen (secondary N) is 1. The van der Waals surface area contributed by atoms with Gasteiger partial charge in [0, 0.05) is 30.7 Å². The zero-order valence-corrected chi connectivity index (χ0v) is 17.1. The van der Waals surface area contributed by atoms with Crippen molar-refractivity contribution in [2.45, 2.75) is 19.1 Å². The molecular weight excluding hydrogens is 427 g/mol. The lowest BCUT2D eigenvalue weighted by Crippen LogP contribution is -2.41. The summed E-state index contributed by atoms with van der Waals surface area (Å²) in [6.45, 7) is 1.26. The van der Waals surface area contributed by atoms with Crippen molar-refractivity contribution in [2.75, 3.05) is 23.9 Å². The summed E-state index contributed by atoms with van der Waals surface area (Å²) in [5, 5.41) is 21.2. The first-order valence-corrected chi connectivity index (χ1v) is 9.40. The van der Waals surface area contributed by atoms with E-state index in [2.05, 4.69) is 20.3 Å². The molecule has 0 spiro atoms. The first-order valence-electron chi connectivity index (χ1n) is 9.40. The smallest absolute Gasteiger partial charge is 0.433 e. The maximum Gasteiger partial charge on any atom is 0.433 e. The number of aryl methyl sites for hydroxylation is 1. The molecule has 0 fully saturated rings. The van der Waals surface area contributed by atoms with E-state index in [1.165, 1.54) is 11.9 Å². The molecule has 3 aromatic rings. The molecule has 2 heterocycles. The molecule has 3 N–H and O–H groups in total. The summed E-state index contributed by atoms with van der Waals surface area (Å²) in [7, 11) is 1.51. The van der Waals surface area contributed by atoms with Crippen LogP contribution >= 0.6 is 0 Å². The van der Waals surface area contributed by atoms with Crippen LogP contribution in [0, 0.1) is 6.92 Å². The predicted molar refractivity (Wildman–Crippen MR) is 112 cm³/mol. The summed E-state index contributed by atoms with van der Waals surface area (Å²) < 4.78 is 38.7. The average molecular weight is 447 g/mol. The number of aliphatic hydroxyl groups is 1. The van der Waals surface area contributed by atoms with E-state index in [1.54, 1.807) is 30.5 Å². The normalized spacial score (nSPS) is 12.3. The second-order valence-electron chi connectivity index (χ2n) is 7.03. The second-order valence-corrected chi connectivity index (χ2v) is 7.03. The molecule has 0 saturated carbocycles. The van der Waals surface area contributed by atoms with E-state index in [0.717, 1.165) is 23.4 Å². The van der Waals surface area contributed by atoms with Crippen LogP contribution in [-0.2, 0) is 11.0 Å². The van der Waals surface area contributed by atoms with Crippen LogP contribution in [0.5, 0.6) is 0 Å². The van der Waals surface area contributed by atoms with Crippen LogP contribution in [0.2, 0.25) is 0 Å². The lowest BCUT2D eigenvalue weighted by atomic mass is 10.0. The lowest BCUT2D eigenvalue weighted by Gasteiger charge is -2.24. The van der Waals surface area contributed by atoms with Crippen LogP contribution in [0.25, 0.3) is 11.1 Å². The molecule has 11 heteroatoms. The number of aliphatic carboxylic acids is 1. The number of aliphatic hydroxyl groups excluding tert-OH is 1. The molecule has 168 valence electrons. The Labute approximate surface area is 181 Å². The van der Waals surface area contributed by atoms with Crippen LogP contribution in [0.1, 0.15) is 11.3 Å². The van der Waals surface area contributed by atoms with Gasteiger partial charge in [-0.1, -0.05) is 6.07 Å². The molecule has 0 radical (unpaired) electrons. The highest BCUT2D eigenvalue weighted by Gasteiger charge is 2.32. The van der Waals surface area contributed by atoms with Crippen LogP contribution < -0.4 is 10.2 Å². The molecular formula is C21H20F3N5O3. The Morgan fingerprint density at radius 3 is 2.50 bits per heavy atom. The molecule has 0 bridgehead atoms. The third kappa shape index (κ3) is 5.30. The molecule has 8 nitrogen and oxygen atoms in total. The molecule has 1 atom stereocenters. The number of aromatic nitrogens is 3. The van der Waals surface area contributed by atoms with E-state index >= 15 is 0 Å². The van der Waals surface area contributed by atoms with E-state index in [4.69, 9.17) is 0 Å². The van der Waals surface area contributed by atoms with E-state index in [1.807, 2.05) is 13.0 Å². The third-order valence-corrected chi connectivity index (χ3v) is 4.65. The molecule has 32 heavy (non-hydrogen) atoms. The Balaban J connectivity index is 1.85. The Kier molecular flexibility index (Phi) is 6.58. The van der Waals surface area contributed by atoms with Gasteiger partial charge in [0.1, 0.15) is 11.5 Å². The van der Waals surface area contributed by atoms with Gasteiger partial charge in [-0.3, -0.25) is 0 Å². The molecule has 0 aliphatic carbocycles. The van der Waals surface area contributed by atoms with Gasteiger partial charge in [0.2, 0.25) is 5.95 Å². The maximum absolute atomic E-state index is 12.9. The molecule has 0 unspecified atom stereocenters. The zero-order valence-electron chi connectivity index (χ0n) is 17.1. The van der Waals surface area contributed by atoms with E-state index in [-0.39, 0.29) is 5.95 Å². The monoisotopic (exact) mass is 447 g/mol. The Morgan fingerprint density at radius 1 is 1.16 bits per heavy atom. The van der Waals surface area contributed by atoms with Crippen molar-refractivity contribution in [2.24, 2.45) is 0 Å². The number of carbonyl (C=O) groups is 1. The first kappa shape index (κ1) is 22.9. The van der Waals surface area contributed by atoms with Crippen molar-refractivity contribution in [3.63, 3.8) is 0 Å². The summed E-state index contributed by atoms with van der Waals surface area (Å²) in [6, 6.07) is 8.33. The molecule has 0 saturated heterocycles. The Morgan fingerprint density at radius 2 is 1.91 bits per heavy atom. The number of anilines is 3. The quantitative estimate of drug-likeness (QED) is 0.505. The minimum absolute atomic E-state index is 0.185. The molecule has 3 rings (SSSR count). The van der Waals surface area contributed by atoms with Crippen molar-refractivity contribution in [1.29, 1.82) is 0 Å². The first-order chi connectivity index (χ1) is 15.1. The number of benzene rings is 1. The number of hydrogen-bond acceptors (Lipinski definition) is 7. The Bertz CT molecular complexity index is 1110. The minimum atomic E-state index is -4.58. The number of rotatable bonds is 7. The number of pyridine rings is 1. The third-order valence-electron chi connectivity index (χ3n) is 4.65. The van der Waals surface area contributed by atoms with Gasteiger partial charge >= 0.3 is 12.1 Å². The molecule has 1 aromatic carbocycles. The van der Waals surface area contributed by atoms with Gasteiger partial charge in [-0.25, -0.2) is 19.7 Å². The summed E-state index contributed by atoms with van der Waals surface area (Å²) in [4.78, 5) is 24.2. The fourth-order valence-corrected chi connectivity index (χ4v) is 3.02. The van der Waals surface area contributed by atoms with Gasteiger partial charge < -0.3 is 20.4 Å². The molecule has 0 aliphatic rings. The highest BCUT2D eigenvalue weighted by molar-refractivity contribution is 5.78. The van der Waals surface area contributed by atoms with Gasteiger partial charge in [-0.15, -0.1) is 0 Å². The minimum Gasteiger partial charge on any atom is -0.480 e. The van der Waals surface area contributed by atoms with Gasteiger partial charge in [-0.05, 0) is 48.4 Å². The number of likely N-dealkylation sites (N-methyl/N-ethyl adjacent to an activating group) is 1. The van der Waals surface area contributed by atoms with Crippen molar-refractivity contribution < 1.29 is 28.2 Å². The molecule has 0 aliphatic heterocycles. The second kappa shape index (κ2) is 9.18. The van der Waals surface area contributed by atoms with Crippen molar-refractivity contribution in [1.82, 2.24) is 15.0 Å². The summed E-state index contributed by atoms with van der Waals surface area (Å²) in [5.41, 5.74) is 1.72. The van der Waals surface area contributed by atoms with E-state index in [0.29, 0.717) is 17.1 Å². The topological polar surface area (TPSA) is 111 Å². The van der Waals surface area contributed by atoms with Crippen molar-refractivity contribution >= 4 is 23.4 Å². The highest BCUT2D eigenvalue weighted by atomic mass is 19.4. The van der Waals surface area contributed by atoms with E-state index in [9.17, 15) is 28.2 Å². The van der Waals surface area contributed by atoms with Crippen LogP contribution in [0.4, 0.5) is 30.6 Å². The summed E-state index contributed by atoms with van der Waals surface area (Å²) >= 11 is 0. The summed E-state index contributed by atoms with van der Waals surface area (Å²) in [5.74, 6) is -0.999. The number of carboxylic acid groups (broad SMARTS) is 1. The number of carboxylic acids is 1. The lowest BCUT2D eigenvalue weighted by molar-refractivity contribution is -0.141. The SMILES string of the molecule is Cc1cc(Nc2nccc(C(F)(F)F)n2)cc(-c2ccc(N(C)[C@@H](CO)C(=O)O)nc2)c1. The van der Waals surface area contributed by atoms with Crippen molar-refractivity contribution in [3.05, 3.63) is 60.0 Å². The number of hydrogen-bond donors (Lipinski definition) is 3. The number of halogens is 3. The van der Waals surface area contributed by atoms with Crippen LogP contribution in [-0.4, -0.2) is 50.8 Å². The predicted octanol–water partition coefficient (Wildman–Crippen LogP) is 3.49. The molecule has 0 amide bonds. The van der Waals surface area contributed by atoms with Gasteiger partial charge in [-0.2, -0.15) is 13.2 Å². The fourth-order valence-electron chi connectivity index (χ4n) is 3.02. The van der Waals surface area contributed by atoms with Gasteiger partial charge in [0.05, 0.1) is 6.61 Å². The highest BCUT2D eigenvalue weighted by Crippen LogP contribution is 2.29. The maximum atomic E-state index is 12.9. The number of nitrogens with zero attached hydrogens (tertiary/aromatic N) is 4. The van der Waals surface area contributed by atoms with Crippen LogP contribution in [0.15, 0.2) is 48.8 Å². The standard InChI is InChI=1S/C21H20F3N5O3/c1-12-7-14(13-3-4-18(26-10-13)29(2)16(11-30)19(31)32)9-15(8-12)27-20-25-6-5-17(28-20)21(22,23)24/h3-10,16,30H,11H2,1-2H3,(H,31,32)(H,25,27,28)/t16-/m0/s1. The van der Waals surface area contributed by atoms with E-state index < -0.39 is 30.5 Å². The van der Waals surface area contributed by atoms with Gasteiger partial charge in [0.15, 0.2) is 6.04 Å². The fraction of sp³-hybridized carbons (Fsp3) is 0.238. The zero-order chi connectivity index (χ0) is 23.5. The summed E-state index contributed by atoms with van der Waals surface area (Å²) in [6.07, 6.45) is -2.00. The number of alkyl halides is 3. The largest absolute Gasteiger partial charge is 0.480 e. The van der Waals surface area contributed by atoms with Crippen LogP contribution in [0.3, 0.4) is 0 Å². The Hall–Kier alpha value is -3.73.